The fourth-order valence-corrected chi connectivity index (χ4v) is 3.39. The van der Waals surface area contributed by atoms with Crippen LogP contribution >= 0.6 is 0 Å². The van der Waals surface area contributed by atoms with Crippen LogP contribution in [0.2, 0.25) is 0 Å². The highest BCUT2D eigenvalue weighted by Crippen LogP contribution is 2.15. The van der Waals surface area contributed by atoms with Crippen molar-refractivity contribution in [3.8, 4) is 0 Å². The quantitative estimate of drug-likeness (QED) is 0.751. The van der Waals surface area contributed by atoms with Gasteiger partial charge in [-0.2, -0.15) is 0 Å². The molecule has 0 aromatic heterocycles. The number of carbonyl (C=O) groups is 2. The van der Waals surface area contributed by atoms with Crippen LogP contribution in [0.4, 0.5) is 0 Å². The molecule has 2 fully saturated rings. The molecule has 0 bridgehead atoms. The summed E-state index contributed by atoms with van der Waals surface area (Å²) in [5.41, 5.74) is 2.81. The molecule has 140 valence electrons. The van der Waals surface area contributed by atoms with Gasteiger partial charge in [-0.05, 0) is 40.0 Å². The topological polar surface area (TPSA) is 52.6 Å². The van der Waals surface area contributed by atoms with E-state index in [-0.39, 0.29) is 17.7 Å². The fourth-order valence-electron chi connectivity index (χ4n) is 3.39. The Morgan fingerprint density at radius 2 is 1.96 bits per heavy atom. The first-order valence-corrected chi connectivity index (χ1v) is 9.52. The predicted octanol–water partition coefficient (Wildman–Crippen LogP) is 2.35. The van der Waals surface area contributed by atoms with E-state index in [1.165, 1.54) is 11.1 Å². The van der Waals surface area contributed by atoms with E-state index >= 15 is 0 Å². The molecule has 0 aliphatic carbocycles. The molecule has 0 radical (unpaired) electrons. The maximum atomic E-state index is 12.5. The van der Waals surface area contributed by atoms with Crippen LogP contribution < -0.4 is 5.32 Å². The Balaban J connectivity index is 1.76. The summed E-state index contributed by atoms with van der Waals surface area (Å²) in [5.74, 6) is -0.00608. The number of nitrogens with one attached hydrogen (secondary N) is 1. The van der Waals surface area contributed by atoms with Crippen molar-refractivity contribution in [3.63, 3.8) is 0 Å². The lowest BCUT2D eigenvalue weighted by Gasteiger charge is -2.23. The Morgan fingerprint density at radius 1 is 1.16 bits per heavy atom. The summed E-state index contributed by atoms with van der Waals surface area (Å²) in [6, 6.07) is 0. The van der Waals surface area contributed by atoms with Gasteiger partial charge in [-0.3, -0.25) is 14.5 Å². The molecule has 2 rings (SSSR count). The highest BCUT2D eigenvalue weighted by molar-refractivity contribution is 5.89. The van der Waals surface area contributed by atoms with Crippen LogP contribution in [0.3, 0.4) is 0 Å². The van der Waals surface area contributed by atoms with Gasteiger partial charge in [-0.15, -0.1) is 0 Å². The third kappa shape index (κ3) is 6.65. The maximum Gasteiger partial charge on any atom is 0.228 e. The van der Waals surface area contributed by atoms with Crippen LogP contribution in [0.1, 0.15) is 46.5 Å². The number of carbonyl (C=O) groups excluding carboxylic acids is 2. The Kier molecular flexibility index (Phi) is 7.69. The zero-order valence-electron chi connectivity index (χ0n) is 16.0. The highest BCUT2D eigenvalue weighted by atomic mass is 16.2. The van der Waals surface area contributed by atoms with E-state index in [0.717, 1.165) is 52.0 Å². The molecule has 25 heavy (non-hydrogen) atoms. The molecule has 1 unspecified atom stereocenters. The SMILES string of the molecule is CC(C)=CCCC(C)=CCN1CCCN(C(=O)C2CNC(=O)C2)CC1. The van der Waals surface area contributed by atoms with Crippen LogP contribution in [0.15, 0.2) is 23.3 Å². The molecule has 0 spiro atoms. The Labute approximate surface area is 152 Å². The maximum absolute atomic E-state index is 12.5. The van der Waals surface area contributed by atoms with E-state index in [9.17, 15) is 9.59 Å². The van der Waals surface area contributed by atoms with Gasteiger partial charge >= 0.3 is 0 Å². The molecular formula is C20H33N3O2. The summed E-state index contributed by atoms with van der Waals surface area (Å²) >= 11 is 0. The third-order valence-electron chi connectivity index (χ3n) is 5.02. The van der Waals surface area contributed by atoms with Crippen molar-refractivity contribution >= 4 is 11.8 Å². The molecule has 0 aromatic carbocycles. The molecule has 0 aromatic rings. The van der Waals surface area contributed by atoms with Gasteiger partial charge in [0.15, 0.2) is 0 Å². The summed E-state index contributed by atoms with van der Waals surface area (Å²) in [6.45, 7) is 11.5. The van der Waals surface area contributed by atoms with Gasteiger partial charge in [0.25, 0.3) is 0 Å². The minimum atomic E-state index is -0.156. The highest BCUT2D eigenvalue weighted by Gasteiger charge is 2.31. The van der Waals surface area contributed by atoms with Crippen LogP contribution in [-0.2, 0) is 9.59 Å². The summed E-state index contributed by atoms with van der Waals surface area (Å²) in [7, 11) is 0. The number of hydrogen-bond acceptors (Lipinski definition) is 3. The van der Waals surface area contributed by atoms with Crippen LogP contribution in [0.25, 0.3) is 0 Å². The van der Waals surface area contributed by atoms with Crippen molar-refractivity contribution in [1.29, 1.82) is 0 Å². The lowest BCUT2D eigenvalue weighted by Crippen LogP contribution is -2.39. The van der Waals surface area contributed by atoms with Crippen LogP contribution in [-0.4, -0.2) is 60.9 Å². The number of nitrogens with zero attached hydrogens (tertiary/aromatic N) is 2. The first-order chi connectivity index (χ1) is 12.0. The molecule has 5 nitrogen and oxygen atoms in total. The lowest BCUT2D eigenvalue weighted by atomic mass is 10.1. The van der Waals surface area contributed by atoms with E-state index < -0.39 is 0 Å². The normalized spacial score (nSPS) is 22.5. The number of rotatable bonds is 6. The van der Waals surface area contributed by atoms with Gasteiger partial charge < -0.3 is 10.2 Å². The first kappa shape index (κ1) is 19.7. The average Bonchev–Trinajstić information content (AvgIpc) is 2.86. The standard InChI is InChI=1S/C20H33N3O2/c1-16(2)6-4-7-17(3)8-11-22-9-5-10-23(13-12-22)20(25)18-14-19(24)21-15-18/h6,8,18H,4-5,7,9-15H2,1-3H3,(H,21,24). The van der Waals surface area contributed by atoms with Crippen molar-refractivity contribution < 1.29 is 9.59 Å². The van der Waals surface area contributed by atoms with Gasteiger partial charge in [0.05, 0.1) is 5.92 Å². The van der Waals surface area contributed by atoms with Gasteiger partial charge in [-0.25, -0.2) is 0 Å². The summed E-state index contributed by atoms with van der Waals surface area (Å²) in [5, 5.41) is 2.76. The van der Waals surface area contributed by atoms with Crippen molar-refractivity contribution in [2.45, 2.75) is 46.5 Å². The molecule has 2 amide bonds. The van der Waals surface area contributed by atoms with E-state index in [0.29, 0.717) is 13.0 Å². The van der Waals surface area contributed by atoms with Crippen molar-refractivity contribution in [2.24, 2.45) is 5.92 Å². The van der Waals surface area contributed by atoms with Crippen LogP contribution in [0, 0.1) is 5.92 Å². The Hall–Kier alpha value is -1.62. The van der Waals surface area contributed by atoms with Crippen molar-refractivity contribution in [3.05, 3.63) is 23.3 Å². The zero-order valence-corrected chi connectivity index (χ0v) is 16.0. The smallest absolute Gasteiger partial charge is 0.228 e. The predicted molar refractivity (Wildman–Crippen MR) is 101 cm³/mol. The average molecular weight is 348 g/mol. The molecule has 2 saturated heterocycles. The van der Waals surface area contributed by atoms with Crippen LogP contribution in [0.5, 0.6) is 0 Å². The molecular weight excluding hydrogens is 314 g/mol. The number of amides is 2. The molecule has 5 heteroatoms. The van der Waals surface area contributed by atoms with Gasteiger partial charge in [0.1, 0.15) is 0 Å². The second-order valence-electron chi connectivity index (χ2n) is 7.56. The Morgan fingerprint density at radius 3 is 2.64 bits per heavy atom. The molecule has 2 heterocycles. The third-order valence-corrected chi connectivity index (χ3v) is 5.02. The summed E-state index contributed by atoms with van der Waals surface area (Å²) in [4.78, 5) is 28.2. The fraction of sp³-hybridized carbons (Fsp3) is 0.700. The molecule has 0 saturated carbocycles. The first-order valence-electron chi connectivity index (χ1n) is 9.52. The van der Waals surface area contributed by atoms with E-state index in [2.05, 4.69) is 43.1 Å². The van der Waals surface area contributed by atoms with E-state index in [1.54, 1.807) is 0 Å². The lowest BCUT2D eigenvalue weighted by molar-refractivity contribution is -0.135. The minimum Gasteiger partial charge on any atom is -0.355 e. The van der Waals surface area contributed by atoms with Gasteiger partial charge in [0.2, 0.25) is 11.8 Å². The molecule has 2 aliphatic rings. The molecule has 1 atom stereocenters. The van der Waals surface area contributed by atoms with Crippen molar-refractivity contribution in [1.82, 2.24) is 15.1 Å². The monoisotopic (exact) mass is 347 g/mol. The largest absolute Gasteiger partial charge is 0.355 e. The summed E-state index contributed by atoms with van der Waals surface area (Å²) in [6.07, 6.45) is 8.20. The summed E-state index contributed by atoms with van der Waals surface area (Å²) < 4.78 is 0. The van der Waals surface area contributed by atoms with Crippen molar-refractivity contribution in [2.75, 3.05) is 39.3 Å². The van der Waals surface area contributed by atoms with E-state index in [4.69, 9.17) is 0 Å². The van der Waals surface area contributed by atoms with Gasteiger partial charge in [0, 0.05) is 45.7 Å². The zero-order chi connectivity index (χ0) is 18.2. The minimum absolute atomic E-state index is 0.00326. The molecule has 1 N–H and O–H groups in total. The second kappa shape index (κ2) is 9.76. The number of allylic oxidation sites excluding steroid dienone is 3. The second-order valence-corrected chi connectivity index (χ2v) is 7.56. The number of hydrogen-bond donors (Lipinski definition) is 1. The molecule has 2 aliphatic heterocycles. The van der Waals surface area contributed by atoms with E-state index in [1.807, 2.05) is 4.90 Å². The van der Waals surface area contributed by atoms with Gasteiger partial charge in [-0.1, -0.05) is 23.3 Å². The Bertz CT molecular complexity index is 535.